The van der Waals surface area contributed by atoms with Gasteiger partial charge >= 0.3 is 0 Å². The Morgan fingerprint density at radius 1 is 1.80 bits per heavy atom. The molecule has 0 fully saturated rings. The van der Waals surface area contributed by atoms with Gasteiger partial charge in [-0.15, -0.1) is 6.42 Å². The fourth-order valence-electron chi connectivity index (χ4n) is 0.714. The zero-order chi connectivity index (χ0) is 7.40. The summed E-state index contributed by atoms with van der Waals surface area (Å²) in [4.78, 5) is 0. The second-order valence-corrected chi connectivity index (χ2v) is 1.92. The van der Waals surface area contributed by atoms with E-state index in [0.29, 0.717) is 5.76 Å². The van der Waals surface area contributed by atoms with Crippen molar-refractivity contribution >= 4 is 0 Å². The van der Waals surface area contributed by atoms with Crippen molar-refractivity contribution in [3.63, 3.8) is 0 Å². The van der Waals surface area contributed by atoms with Crippen LogP contribution in [0.15, 0.2) is 22.8 Å². The molecule has 2 nitrogen and oxygen atoms in total. The molecule has 10 heavy (non-hydrogen) atoms. The molecule has 1 rings (SSSR count). The lowest BCUT2D eigenvalue weighted by molar-refractivity contribution is 0.273. The van der Waals surface area contributed by atoms with Gasteiger partial charge in [-0.2, -0.15) is 0 Å². The summed E-state index contributed by atoms with van der Waals surface area (Å²) in [7, 11) is 0. The maximum Gasteiger partial charge on any atom is 0.121 e. The molecule has 0 spiro atoms. The zero-order valence-electron chi connectivity index (χ0n) is 5.45. The number of furan rings is 1. The van der Waals surface area contributed by atoms with Gasteiger partial charge in [0.15, 0.2) is 0 Å². The highest BCUT2D eigenvalue weighted by Crippen LogP contribution is 2.13. The minimum absolute atomic E-state index is 0.0655. The molecular formula is C8H8O2. The van der Waals surface area contributed by atoms with Crippen molar-refractivity contribution in [3.05, 3.63) is 24.2 Å². The van der Waals surface area contributed by atoms with E-state index in [2.05, 4.69) is 5.92 Å². The molecule has 1 heterocycles. The molecule has 1 atom stereocenters. The molecule has 2 heteroatoms. The van der Waals surface area contributed by atoms with Crippen LogP contribution in [0.2, 0.25) is 0 Å². The van der Waals surface area contributed by atoms with Crippen LogP contribution >= 0.6 is 0 Å². The van der Waals surface area contributed by atoms with E-state index in [0.717, 1.165) is 0 Å². The summed E-state index contributed by atoms with van der Waals surface area (Å²) in [5.74, 6) is 2.76. The minimum atomic E-state index is -0.296. The summed E-state index contributed by atoms with van der Waals surface area (Å²) >= 11 is 0. The predicted molar refractivity (Wildman–Crippen MR) is 37.4 cm³/mol. The maximum atomic E-state index is 8.70. The van der Waals surface area contributed by atoms with Crippen molar-refractivity contribution in [2.45, 2.75) is 5.92 Å². The van der Waals surface area contributed by atoms with Crippen molar-refractivity contribution < 1.29 is 9.52 Å². The van der Waals surface area contributed by atoms with Crippen molar-refractivity contribution in [2.75, 3.05) is 6.61 Å². The Morgan fingerprint density at radius 2 is 2.60 bits per heavy atom. The Labute approximate surface area is 59.5 Å². The number of terminal acetylenes is 1. The quantitative estimate of drug-likeness (QED) is 0.615. The van der Waals surface area contributed by atoms with E-state index in [1.54, 1.807) is 12.1 Å². The highest BCUT2D eigenvalue weighted by Gasteiger charge is 2.07. The first kappa shape index (κ1) is 6.91. The van der Waals surface area contributed by atoms with Crippen molar-refractivity contribution in [1.29, 1.82) is 0 Å². The summed E-state index contributed by atoms with van der Waals surface area (Å²) in [6.07, 6.45) is 6.64. The zero-order valence-corrected chi connectivity index (χ0v) is 5.45. The van der Waals surface area contributed by atoms with E-state index < -0.39 is 0 Å². The van der Waals surface area contributed by atoms with Gasteiger partial charge in [-0.05, 0) is 12.1 Å². The fraction of sp³-hybridized carbons (Fsp3) is 0.250. The van der Waals surface area contributed by atoms with E-state index in [1.165, 1.54) is 6.26 Å². The van der Waals surface area contributed by atoms with Crippen LogP contribution in [0.1, 0.15) is 11.7 Å². The maximum absolute atomic E-state index is 8.70. The molecule has 52 valence electrons. The average Bonchev–Trinajstić information content (AvgIpc) is 2.43. The molecule has 0 radical (unpaired) electrons. The molecule has 0 saturated heterocycles. The third-order valence-corrected chi connectivity index (χ3v) is 1.27. The van der Waals surface area contributed by atoms with E-state index >= 15 is 0 Å². The Balaban J connectivity index is 2.76. The first-order valence-electron chi connectivity index (χ1n) is 2.99. The minimum Gasteiger partial charge on any atom is -0.468 e. The van der Waals surface area contributed by atoms with Crippen LogP contribution in [-0.4, -0.2) is 11.7 Å². The summed E-state index contributed by atoms with van der Waals surface area (Å²) in [6, 6.07) is 3.50. The molecule has 0 amide bonds. The van der Waals surface area contributed by atoms with Gasteiger partial charge in [0.25, 0.3) is 0 Å². The van der Waals surface area contributed by atoms with E-state index in [9.17, 15) is 0 Å². The van der Waals surface area contributed by atoms with E-state index in [-0.39, 0.29) is 12.5 Å². The van der Waals surface area contributed by atoms with Gasteiger partial charge in [0.05, 0.1) is 12.9 Å². The second-order valence-electron chi connectivity index (χ2n) is 1.92. The summed E-state index contributed by atoms with van der Waals surface area (Å²) in [5, 5.41) is 8.70. The monoisotopic (exact) mass is 136 g/mol. The first-order valence-corrected chi connectivity index (χ1v) is 2.99. The number of aliphatic hydroxyl groups is 1. The van der Waals surface area contributed by atoms with E-state index in [4.69, 9.17) is 15.9 Å². The van der Waals surface area contributed by atoms with Crippen LogP contribution in [0, 0.1) is 12.3 Å². The summed E-state index contributed by atoms with van der Waals surface area (Å²) in [5.41, 5.74) is 0. The Morgan fingerprint density at radius 3 is 3.00 bits per heavy atom. The van der Waals surface area contributed by atoms with Crippen LogP contribution in [0.5, 0.6) is 0 Å². The lowest BCUT2D eigenvalue weighted by Gasteiger charge is -2.00. The fourth-order valence-corrected chi connectivity index (χ4v) is 0.714. The smallest absolute Gasteiger partial charge is 0.121 e. The highest BCUT2D eigenvalue weighted by molar-refractivity contribution is 5.16. The molecule has 0 aromatic carbocycles. The Kier molecular flexibility index (Phi) is 2.14. The van der Waals surface area contributed by atoms with Gasteiger partial charge in [0.2, 0.25) is 0 Å². The number of rotatable bonds is 2. The third-order valence-electron chi connectivity index (χ3n) is 1.27. The normalized spacial score (nSPS) is 12.4. The van der Waals surface area contributed by atoms with Gasteiger partial charge in [0, 0.05) is 0 Å². The van der Waals surface area contributed by atoms with Gasteiger partial charge in [-0.25, -0.2) is 0 Å². The van der Waals surface area contributed by atoms with Crippen LogP contribution in [0.25, 0.3) is 0 Å². The lowest BCUT2D eigenvalue weighted by atomic mass is 10.1. The molecule has 0 aliphatic rings. The number of hydrogen-bond donors (Lipinski definition) is 1. The molecule has 1 aromatic rings. The second kappa shape index (κ2) is 3.09. The molecule has 1 unspecified atom stereocenters. The van der Waals surface area contributed by atoms with Crippen LogP contribution in [0.4, 0.5) is 0 Å². The number of aliphatic hydroxyl groups excluding tert-OH is 1. The Hall–Kier alpha value is -1.20. The average molecular weight is 136 g/mol. The van der Waals surface area contributed by atoms with Crippen LogP contribution in [0.3, 0.4) is 0 Å². The van der Waals surface area contributed by atoms with Gasteiger partial charge < -0.3 is 9.52 Å². The SMILES string of the molecule is C#CC(CO)c1ccco1. The molecule has 0 bridgehead atoms. The van der Waals surface area contributed by atoms with Crippen LogP contribution < -0.4 is 0 Å². The Bertz CT molecular complexity index is 218. The summed E-state index contributed by atoms with van der Waals surface area (Å²) < 4.78 is 4.97. The van der Waals surface area contributed by atoms with Gasteiger partial charge in [-0.3, -0.25) is 0 Å². The molecular weight excluding hydrogens is 128 g/mol. The highest BCUT2D eigenvalue weighted by atomic mass is 16.3. The third kappa shape index (κ3) is 1.20. The number of hydrogen-bond acceptors (Lipinski definition) is 2. The predicted octanol–water partition coefficient (Wildman–Crippen LogP) is 0.989. The largest absolute Gasteiger partial charge is 0.468 e. The first-order chi connectivity index (χ1) is 4.88. The summed E-state index contributed by atoms with van der Waals surface area (Å²) in [6.45, 7) is -0.0655. The standard InChI is InChI=1S/C8H8O2/c1-2-7(6-9)8-4-3-5-10-8/h1,3-5,7,9H,6H2. The van der Waals surface area contributed by atoms with E-state index in [1.807, 2.05) is 0 Å². The van der Waals surface area contributed by atoms with Gasteiger partial charge in [0.1, 0.15) is 11.7 Å². The van der Waals surface area contributed by atoms with Crippen molar-refractivity contribution in [3.8, 4) is 12.3 Å². The molecule has 1 aromatic heterocycles. The van der Waals surface area contributed by atoms with Gasteiger partial charge in [-0.1, -0.05) is 5.92 Å². The lowest BCUT2D eigenvalue weighted by Crippen LogP contribution is -1.98. The van der Waals surface area contributed by atoms with Crippen molar-refractivity contribution in [1.82, 2.24) is 0 Å². The van der Waals surface area contributed by atoms with Crippen molar-refractivity contribution in [2.24, 2.45) is 0 Å². The molecule has 0 saturated carbocycles. The molecule has 0 aliphatic heterocycles. The molecule has 0 aliphatic carbocycles. The molecule has 1 N–H and O–H groups in total. The van der Waals surface area contributed by atoms with Crippen LogP contribution in [-0.2, 0) is 0 Å². The topological polar surface area (TPSA) is 33.4 Å².